The van der Waals surface area contributed by atoms with Gasteiger partial charge < -0.3 is 10.2 Å². The van der Waals surface area contributed by atoms with Gasteiger partial charge in [-0.05, 0) is 19.2 Å². The molecule has 2 rings (SSSR count). The van der Waals surface area contributed by atoms with E-state index in [1.807, 2.05) is 19.2 Å². The Morgan fingerprint density at radius 2 is 2.07 bits per heavy atom. The number of aromatic nitrogens is 2. The molecule has 14 heavy (non-hydrogen) atoms. The normalized spacial score (nSPS) is 15.1. The lowest BCUT2D eigenvalue weighted by atomic mass is 10.3. The predicted molar refractivity (Wildman–Crippen MR) is 56.1 cm³/mol. The van der Waals surface area contributed by atoms with Crippen LogP contribution in [0.15, 0.2) is 24.3 Å². The number of rotatable bonds is 3. The van der Waals surface area contributed by atoms with E-state index in [1.165, 1.54) is 0 Å². The summed E-state index contributed by atoms with van der Waals surface area (Å²) in [5.74, 6) is 0.954. The lowest BCUT2D eigenvalue weighted by Crippen LogP contribution is -2.20. The van der Waals surface area contributed by atoms with Gasteiger partial charge in [-0.2, -0.15) is 5.10 Å². The van der Waals surface area contributed by atoms with E-state index >= 15 is 0 Å². The largest absolute Gasteiger partial charge is 0.348 e. The van der Waals surface area contributed by atoms with Crippen molar-refractivity contribution in [2.24, 2.45) is 0 Å². The summed E-state index contributed by atoms with van der Waals surface area (Å²) in [5.41, 5.74) is 0.975. The molecule has 0 fully saturated rings. The van der Waals surface area contributed by atoms with E-state index in [9.17, 15) is 0 Å². The van der Waals surface area contributed by atoms with Crippen LogP contribution in [0.1, 0.15) is 5.69 Å². The van der Waals surface area contributed by atoms with Crippen LogP contribution >= 0.6 is 0 Å². The van der Waals surface area contributed by atoms with Crippen LogP contribution in [0.5, 0.6) is 0 Å². The van der Waals surface area contributed by atoms with E-state index in [0.717, 1.165) is 31.1 Å². The minimum atomic E-state index is 0.769. The van der Waals surface area contributed by atoms with Crippen LogP contribution < -0.4 is 10.2 Å². The lowest BCUT2D eigenvalue weighted by Gasteiger charge is -2.15. The molecule has 1 aliphatic rings. The Bertz CT molecular complexity index is 309. The van der Waals surface area contributed by atoms with Crippen LogP contribution in [0.25, 0.3) is 0 Å². The molecule has 1 aromatic rings. The van der Waals surface area contributed by atoms with Crippen molar-refractivity contribution < 1.29 is 0 Å². The molecule has 0 amide bonds. The summed E-state index contributed by atoms with van der Waals surface area (Å²) < 4.78 is 0. The van der Waals surface area contributed by atoms with Gasteiger partial charge in [0, 0.05) is 19.6 Å². The highest BCUT2D eigenvalue weighted by Crippen LogP contribution is 2.12. The maximum Gasteiger partial charge on any atom is 0.151 e. The average Bonchev–Trinajstić information content (AvgIpc) is 2.72. The first-order valence-electron chi connectivity index (χ1n) is 4.77. The van der Waals surface area contributed by atoms with Gasteiger partial charge in [0.05, 0.1) is 5.69 Å². The first-order valence-corrected chi connectivity index (χ1v) is 4.77. The van der Waals surface area contributed by atoms with Crippen molar-refractivity contribution in [3.63, 3.8) is 0 Å². The monoisotopic (exact) mass is 190 g/mol. The quantitative estimate of drug-likeness (QED) is 0.708. The lowest BCUT2D eigenvalue weighted by molar-refractivity contribution is 0.762. The van der Waals surface area contributed by atoms with Gasteiger partial charge in [-0.1, -0.05) is 12.2 Å². The number of hydrogen-bond donors (Lipinski definition) is 1. The van der Waals surface area contributed by atoms with Crippen LogP contribution in [-0.2, 0) is 6.54 Å². The van der Waals surface area contributed by atoms with Crippen molar-refractivity contribution in [1.29, 1.82) is 0 Å². The molecular weight excluding hydrogens is 176 g/mol. The summed E-state index contributed by atoms with van der Waals surface area (Å²) in [4.78, 5) is 2.18. The van der Waals surface area contributed by atoms with Crippen molar-refractivity contribution in [2.45, 2.75) is 6.54 Å². The molecule has 1 N–H and O–H groups in total. The minimum Gasteiger partial charge on any atom is -0.348 e. The second-order valence-corrected chi connectivity index (χ2v) is 3.29. The summed E-state index contributed by atoms with van der Waals surface area (Å²) in [6.45, 7) is 2.66. The van der Waals surface area contributed by atoms with Crippen molar-refractivity contribution in [3.05, 3.63) is 30.0 Å². The zero-order valence-electron chi connectivity index (χ0n) is 8.27. The highest BCUT2D eigenvalue weighted by Gasteiger charge is 2.08. The van der Waals surface area contributed by atoms with Crippen molar-refractivity contribution in [1.82, 2.24) is 15.5 Å². The molecule has 4 nitrogen and oxygen atoms in total. The van der Waals surface area contributed by atoms with Gasteiger partial charge in [0.1, 0.15) is 0 Å². The summed E-state index contributed by atoms with van der Waals surface area (Å²) in [6.07, 6.45) is 4.28. The van der Waals surface area contributed by atoms with Gasteiger partial charge >= 0.3 is 0 Å². The summed E-state index contributed by atoms with van der Waals surface area (Å²) in [5, 5.41) is 11.4. The summed E-state index contributed by atoms with van der Waals surface area (Å²) in [7, 11) is 1.90. The smallest absolute Gasteiger partial charge is 0.151 e. The Morgan fingerprint density at radius 1 is 1.29 bits per heavy atom. The molecule has 0 spiro atoms. The molecule has 0 atom stereocenters. The molecule has 0 saturated heterocycles. The zero-order valence-corrected chi connectivity index (χ0v) is 8.27. The molecule has 0 bridgehead atoms. The predicted octanol–water partition coefficient (Wildman–Crippen LogP) is 0.572. The third-order valence-electron chi connectivity index (χ3n) is 2.21. The fourth-order valence-electron chi connectivity index (χ4n) is 1.46. The Hall–Kier alpha value is -1.42. The minimum absolute atomic E-state index is 0.769. The number of hydrogen-bond acceptors (Lipinski definition) is 4. The second kappa shape index (κ2) is 4.19. The fraction of sp³-hybridized carbons (Fsp3) is 0.400. The Kier molecular flexibility index (Phi) is 2.74. The number of anilines is 1. The Morgan fingerprint density at radius 3 is 2.64 bits per heavy atom. The van der Waals surface area contributed by atoms with Crippen molar-refractivity contribution in [2.75, 3.05) is 25.0 Å². The van der Waals surface area contributed by atoms with Crippen LogP contribution in [0, 0.1) is 0 Å². The topological polar surface area (TPSA) is 41.0 Å². The second-order valence-electron chi connectivity index (χ2n) is 3.29. The first-order chi connectivity index (χ1) is 6.90. The summed E-state index contributed by atoms with van der Waals surface area (Å²) >= 11 is 0. The van der Waals surface area contributed by atoms with E-state index in [-0.39, 0.29) is 0 Å². The maximum absolute atomic E-state index is 4.18. The van der Waals surface area contributed by atoms with E-state index in [0.29, 0.717) is 0 Å². The molecule has 74 valence electrons. The third-order valence-corrected chi connectivity index (χ3v) is 2.21. The first kappa shape index (κ1) is 9.15. The van der Waals surface area contributed by atoms with Crippen LogP contribution in [0.3, 0.4) is 0 Å². The molecule has 0 saturated carbocycles. The van der Waals surface area contributed by atoms with Crippen LogP contribution in [-0.4, -0.2) is 30.3 Å². The maximum atomic E-state index is 4.18. The van der Waals surface area contributed by atoms with Crippen molar-refractivity contribution >= 4 is 5.82 Å². The molecule has 1 aromatic heterocycles. The van der Waals surface area contributed by atoms with Gasteiger partial charge in [-0.15, -0.1) is 5.10 Å². The van der Waals surface area contributed by atoms with Gasteiger partial charge in [-0.3, -0.25) is 0 Å². The SMILES string of the molecule is CNCc1ccc(N2CC=CC2)nn1. The summed E-state index contributed by atoms with van der Waals surface area (Å²) in [6, 6.07) is 4.03. The van der Waals surface area contributed by atoms with Gasteiger partial charge in [0.25, 0.3) is 0 Å². The molecule has 2 heterocycles. The van der Waals surface area contributed by atoms with Gasteiger partial charge in [0.15, 0.2) is 5.82 Å². The Balaban J connectivity index is 2.05. The Labute approximate surface area is 83.6 Å². The van der Waals surface area contributed by atoms with E-state index in [2.05, 4.69) is 32.6 Å². The van der Waals surface area contributed by atoms with Gasteiger partial charge in [-0.25, -0.2) is 0 Å². The molecule has 1 aliphatic heterocycles. The highest BCUT2D eigenvalue weighted by molar-refractivity contribution is 5.41. The van der Waals surface area contributed by atoms with E-state index in [1.54, 1.807) is 0 Å². The molecule has 0 aliphatic carbocycles. The average molecular weight is 190 g/mol. The standard InChI is InChI=1S/C10H14N4/c1-11-8-9-4-5-10(13-12-9)14-6-2-3-7-14/h2-5,11H,6-8H2,1H3. The highest BCUT2D eigenvalue weighted by atomic mass is 15.3. The number of nitrogens with zero attached hydrogens (tertiary/aromatic N) is 3. The zero-order chi connectivity index (χ0) is 9.80. The molecular formula is C10H14N4. The van der Waals surface area contributed by atoms with Crippen molar-refractivity contribution in [3.8, 4) is 0 Å². The number of nitrogens with one attached hydrogen (secondary N) is 1. The van der Waals surface area contributed by atoms with Gasteiger partial charge in [0.2, 0.25) is 0 Å². The van der Waals surface area contributed by atoms with Crippen LogP contribution in [0.2, 0.25) is 0 Å². The van der Waals surface area contributed by atoms with E-state index in [4.69, 9.17) is 0 Å². The molecule has 0 unspecified atom stereocenters. The molecule has 0 radical (unpaired) electrons. The van der Waals surface area contributed by atoms with Crippen LogP contribution in [0.4, 0.5) is 5.82 Å². The molecule has 0 aromatic carbocycles. The fourth-order valence-corrected chi connectivity index (χ4v) is 1.46. The molecule has 4 heteroatoms. The van der Waals surface area contributed by atoms with E-state index < -0.39 is 0 Å². The third kappa shape index (κ3) is 1.90.